The summed E-state index contributed by atoms with van der Waals surface area (Å²) in [5, 5.41) is 2.74. The van der Waals surface area contributed by atoms with Crippen LogP contribution in [0.15, 0.2) is 28.8 Å². The van der Waals surface area contributed by atoms with Crippen LogP contribution in [0.3, 0.4) is 0 Å². The number of nitrogens with one attached hydrogen (secondary N) is 1. The van der Waals surface area contributed by atoms with E-state index in [4.69, 9.17) is 4.42 Å². The molecular weight excluding hydrogens is 370 g/mol. The molecule has 1 N–H and O–H groups in total. The van der Waals surface area contributed by atoms with Crippen molar-refractivity contribution in [3.05, 3.63) is 41.9 Å². The molecule has 7 nitrogen and oxygen atoms in total. The smallest absolute Gasteiger partial charge is 0.317 e. The minimum Gasteiger partial charge on any atom is -0.441 e. The summed E-state index contributed by atoms with van der Waals surface area (Å²) in [5.74, 6) is -0.950. The molecule has 28 heavy (non-hydrogen) atoms. The molecule has 1 aromatic carbocycles. The van der Waals surface area contributed by atoms with Crippen LogP contribution in [0, 0.1) is 11.6 Å². The van der Waals surface area contributed by atoms with Crippen molar-refractivity contribution in [3.63, 3.8) is 0 Å². The number of halogens is 2. The van der Waals surface area contributed by atoms with Gasteiger partial charge in [-0.25, -0.2) is 18.6 Å². The Morgan fingerprint density at radius 3 is 2.57 bits per heavy atom. The highest BCUT2D eigenvalue weighted by atomic mass is 19.1. The lowest BCUT2D eigenvalue weighted by molar-refractivity contribution is -0.132. The molecule has 9 heteroatoms. The highest BCUT2D eigenvalue weighted by Crippen LogP contribution is 2.24. The third-order valence-corrected chi connectivity index (χ3v) is 4.55. The Morgan fingerprint density at radius 2 is 1.89 bits per heavy atom. The fraction of sp³-hybridized carbons (Fsp3) is 0.421. The lowest BCUT2D eigenvalue weighted by Gasteiger charge is -2.34. The van der Waals surface area contributed by atoms with Gasteiger partial charge in [-0.3, -0.25) is 4.79 Å². The van der Waals surface area contributed by atoms with E-state index in [1.165, 1.54) is 12.3 Å². The van der Waals surface area contributed by atoms with Gasteiger partial charge in [0.05, 0.1) is 11.8 Å². The Kier molecular flexibility index (Phi) is 6.23. The average Bonchev–Trinajstić information content (AvgIpc) is 3.15. The lowest BCUT2D eigenvalue weighted by Crippen LogP contribution is -2.53. The van der Waals surface area contributed by atoms with Crippen molar-refractivity contribution >= 4 is 11.9 Å². The monoisotopic (exact) mass is 392 g/mol. The van der Waals surface area contributed by atoms with E-state index in [2.05, 4.69) is 10.3 Å². The second-order valence-corrected chi connectivity index (χ2v) is 6.45. The van der Waals surface area contributed by atoms with E-state index in [1.54, 1.807) is 9.80 Å². The molecule has 1 aromatic heterocycles. The largest absolute Gasteiger partial charge is 0.441 e. The highest BCUT2D eigenvalue weighted by molar-refractivity contribution is 5.77. The molecule has 0 bridgehead atoms. The zero-order chi connectivity index (χ0) is 20.1. The standard InChI is InChI=1S/C19H22F2N4O3/c1-2-22-19(27)25-9-7-24(8-10-25)18(26)6-5-17-23-12-16(28-17)14-4-3-13(20)11-15(14)21/h3-4,11-12H,2,5-10H2,1H3,(H,22,27). The SMILES string of the molecule is CCNC(=O)N1CCN(C(=O)CCc2ncc(-c3ccc(F)cc3F)o2)CC1. The first-order valence-electron chi connectivity index (χ1n) is 9.18. The molecule has 0 spiro atoms. The molecule has 1 saturated heterocycles. The summed E-state index contributed by atoms with van der Waals surface area (Å²) in [7, 11) is 0. The molecule has 1 aliphatic heterocycles. The number of aryl methyl sites for hydroxylation is 1. The Morgan fingerprint density at radius 1 is 1.18 bits per heavy atom. The van der Waals surface area contributed by atoms with Gasteiger partial charge in [0.25, 0.3) is 0 Å². The molecule has 0 aliphatic carbocycles. The minimum absolute atomic E-state index is 0.0525. The molecule has 150 valence electrons. The van der Waals surface area contributed by atoms with E-state index >= 15 is 0 Å². The number of carbonyl (C=O) groups excluding carboxylic acids is 2. The fourth-order valence-corrected chi connectivity index (χ4v) is 3.03. The number of oxazole rings is 1. The molecule has 0 radical (unpaired) electrons. The molecule has 1 aliphatic rings. The normalized spacial score (nSPS) is 14.2. The quantitative estimate of drug-likeness (QED) is 0.848. The third kappa shape index (κ3) is 4.65. The number of amides is 3. The number of rotatable bonds is 5. The van der Waals surface area contributed by atoms with Crippen molar-refractivity contribution in [1.82, 2.24) is 20.1 Å². The Hall–Kier alpha value is -2.97. The Balaban J connectivity index is 1.50. The van der Waals surface area contributed by atoms with E-state index < -0.39 is 11.6 Å². The average molecular weight is 392 g/mol. The Bertz CT molecular complexity index is 847. The molecule has 2 aromatic rings. The van der Waals surface area contributed by atoms with Crippen LogP contribution < -0.4 is 5.32 Å². The van der Waals surface area contributed by atoms with Gasteiger partial charge in [-0.15, -0.1) is 0 Å². The zero-order valence-corrected chi connectivity index (χ0v) is 15.6. The van der Waals surface area contributed by atoms with Crippen molar-refractivity contribution < 1.29 is 22.8 Å². The molecule has 0 unspecified atom stereocenters. The molecule has 0 saturated carbocycles. The summed E-state index contributed by atoms with van der Waals surface area (Å²) in [6, 6.07) is 3.09. The van der Waals surface area contributed by atoms with Gasteiger partial charge in [0.2, 0.25) is 5.91 Å². The lowest BCUT2D eigenvalue weighted by atomic mass is 10.2. The predicted molar refractivity (Wildman–Crippen MR) is 97.4 cm³/mol. The maximum Gasteiger partial charge on any atom is 0.317 e. The summed E-state index contributed by atoms with van der Waals surface area (Å²) in [6.07, 6.45) is 1.84. The first-order chi connectivity index (χ1) is 13.5. The second kappa shape index (κ2) is 8.81. The van der Waals surface area contributed by atoms with Gasteiger partial charge in [-0.1, -0.05) is 0 Å². The predicted octanol–water partition coefficient (Wildman–Crippen LogP) is 2.43. The summed E-state index contributed by atoms with van der Waals surface area (Å²) < 4.78 is 32.3. The van der Waals surface area contributed by atoms with Gasteiger partial charge in [0.1, 0.15) is 11.6 Å². The minimum atomic E-state index is -0.733. The molecule has 2 heterocycles. The van der Waals surface area contributed by atoms with Crippen LogP contribution in [0.5, 0.6) is 0 Å². The molecule has 0 atom stereocenters. The van der Waals surface area contributed by atoms with Crippen LogP contribution in [0.2, 0.25) is 0 Å². The van der Waals surface area contributed by atoms with Crippen LogP contribution in [0.1, 0.15) is 19.2 Å². The maximum absolute atomic E-state index is 13.8. The van der Waals surface area contributed by atoms with Crippen LogP contribution in [0.4, 0.5) is 13.6 Å². The van der Waals surface area contributed by atoms with Crippen molar-refractivity contribution in [2.75, 3.05) is 32.7 Å². The number of carbonyl (C=O) groups is 2. The molecule has 3 rings (SSSR count). The summed E-state index contributed by atoms with van der Waals surface area (Å²) in [4.78, 5) is 31.6. The topological polar surface area (TPSA) is 78.7 Å². The number of benzene rings is 1. The van der Waals surface area contributed by atoms with Gasteiger partial charge in [-0.2, -0.15) is 0 Å². The van der Waals surface area contributed by atoms with Gasteiger partial charge < -0.3 is 19.5 Å². The van der Waals surface area contributed by atoms with E-state index in [0.29, 0.717) is 38.6 Å². The van der Waals surface area contributed by atoms with Crippen molar-refractivity contribution in [2.45, 2.75) is 19.8 Å². The number of nitrogens with zero attached hydrogens (tertiary/aromatic N) is 3. The maximum atomic E-state index is 13.8. The number of aromatic nitrogens is 1. The Labute approximate surface area is 161 Å². The van der Waals surface area contributed by atoms with Crippen molar-refractivity contribution in [1.29, 1.82) is 0 Å². The zero-order valence-electron chi connectivity index (χ0n) is 15.6. The first-order valence-corrected chi connectivity index (χ1v) is 9.18. The van der Waals surface area contributed by atoms with E-state index in [1.807, 2.05) is 6.92 Å². The van der Waals surface area contributed by atoms with Gasteiger partial charge in [-0.05, 0) is 19.1 Å². The number of hydrogen-bond acceptors (Lipinski definition) is 4. The van der Waals surface area contributed by atoms with Gasteiger partial charge >= 0.3 is 6.03 Å². The molecular formula is C19H22F2N4O3. The van der Waals surface area contributed by atoms with Crippen LogP contribution in [0.25, 0.3) is 11.3 Å². The van der Waals surface area contributed by atoms with Crippen molar-refractivity contribution in [3.8, 4) is 11.3 Å². The van der Waals surface area contributed by atoms with Gasteiger partial charge in [0, 0.05) is 51.6 Å². The molecule has 1 fully saturated rings. The van der Waals surface area contributed by atoms with E-state index in [9.17, 15) is 18.4 Å². The number of piperazine rings is 1. The van der Waals surface area contributed by atoms with Crippen LogP contribution >= 0.6 is 0 Å². The van der Waals surface area contributed by atoms with Crippen molar-refractivity contribution in [2.24, 2.45) is 0 Å². The number of hydrogen-bond donors (Lipinski definition) is 1. The third-order valence-electron chi connectivity index (χ3n) is 4.55. The summed E-state index contributed by atoms with van der Waals surface area (Å²) in [5.41, 5.74) is 0.118. The van der Waals surface area contributed by atoms with Crippen LogP contribution in [-0.4, -0.2) is 59.4 Å². The highest BCUT2D eigenvalue weighted by Gasteiger charge is 2.24. The molecule has 3 amide bonds. The summed E-state index contributed by atoms with van der Waals surface area (Å²) in [6.45, 7) is 4.37. The first kappa shape index (κ1) is 19.8. The van der Waals surface area contributed by atoms with Gasteiger partial charge in [0.15, 0.2) is 11.7 Å². The summed E-state index contributed by atoms with van der Waals surface area (Å²) >= 11 is 0. The second-order valence-electron chi connectivity index (χ2n) is 6.45. The van der Waals surface area contributed by atoms with Crippen LogP contribution in [-0.2, 0) is 11.2 Å². The van der Waals surface area contributed by atoms with E-state index in [-0.39, 0.29) is 36.1 Å². The fourth-order valence-electron chi connectivity index (χ4n) is 3.03. The van der Waals surface area contributed by atoms with E-state index in [0.717, 1.165) is 12.1 Å². The number of urea groups is 1.